The molecule has 0 aliphatic rings. The molecule has 0 aliphatic heterocycles. The first-order valence-corrected chi connectivity index (χ1v) is 7.23. The molecule has 0 aliphatic carbocycles. The SMILES string of the molecule is Cc1sc2nc(/C=C/c3ccccc3)nc(N)c2c1C. The largest absolute Gasteiger partial charge is 0.383 e. The molecule has 0 atom stereocenters. The van der Waals surface area contributed by atoms with Gasteiger partial charge in [0.2, 0.25) is 0 Å². The summed E-state index contributed by atoms with van der Waals surface area (Å²) < 4.78 is 0. The molecular formula is C16H15N3S. The maximum Gasteiger partial charge on any atom is 0.155 e. The van der Waals surface area contributed by atoms with Gasteiger partial charge in [0, 0.05) is 4.88 Å². The molecule has 0 saturated carbocycles. The van der Waals surface area contributed by atoms with Crippen molar-refractivity contribution in [1.29, 1.82) is 0 Å². The summed E-state index contributed by atoms with van der Waals surface area (Å²) in [5.41, 5.74) is 8.36. The summed E-state index contributed by atoms with van der Waals surface area (Å²) in [6, 6.07) is 10.1. The fourth-order valence-electron chi connectivity index (χ4n) is 2.11. The quantitative estimate of drug-likeness (QED) is 0.770. The zero-order valence-electron chi connectivity index (χ0n) is 11.4. The van der Waals surface area contributed by atoms with Crippen molar-refractivity contribution < 1.29 is 0 Å². The first-order chi connectivity index (χ1) is 9.65. The fourth-order valence-corrected chi connectivity index (χ4v) is 3.15. The predicted molar refractivity (Wildman–Crippen MR) is 86.7 cm³/mol. The van der Waals surface area contributed by atoms with Gasteiger partial charge in [0.1, 0.15) is 10.6 Å². The van der Waals surface area contributed by atoms with Gasteiger partial charge in [-0.3, -0.25) is 0 Å². The second-order valence-corrected chi connectivity index (χ2v) is 5.88. The lowest BCUT2D eigenvalue weighted by Crippen LogP contribution is -1.96. The maximum atomic E-state index is 6.06. The number of thiophene rings is 1. The lowest BCUT2D eigenvalue weighted by molar-refractivity contribution is 1.20. The molecule has 0 bridgehead atoms. The van der Waals surface area contributed by atoms with Crippen LogP contribution in [0.15, 0.2) is 30.3 Å². The molecular weight excluding hydrogens is 266 g/mol. The number of aryl methyl sites for hydroxylation is 2. The standard InChI is InChI=1S/C16H15N3S/c1-10-11(2)20-16-14(10)15(17)18-13(19-16)9-8-12-6-4-3-5-7-12/h3-9H,1-2H3,(H2,17,18,19)/b9-8+. The number of nitrogens with zero attached hydrogens (tertiary/aromatic N) is 2. The van der Waals surface area contributed by atoms with Crippen molar-refractivity contribution in [1.82, 2.24) is 9.97 Å². The first-order valence-electron chi connectivity index (χ1n) is 6.41. The van der Waals surface area contributed by atoms with Gasteiger partial charge in [-0.05, 0) is 31.1 Å². The second-order valence-electron chi connectivity index (χ2n) is 4.67. The summed E-state index contributed by atoms with van der Waals surface area (Å²) >= 11 is 1.66. The number of fused-ring (bicyclic) bond motifs is 1. The van der Waals surface area contributed by atoms with E-state index >= 15 is 0 Å². The Hall–Kier alpha value is -2.20. The molecule has 2 N–H and O–H groups in total. The Bertz CT molecular complexity index is 788. The number of anilines is 1. The Kier molecular flexibility index (Phi) is 3.24. The van der Waals surface area contributed by atoms with Crippen LogP contribution in [0.5, 0.6) is 0 Å². The van der Waals surface area contributed by atoms with Crippen LogP contribution in [0.25, 0.3) is 22.4 Å². The van der Waals surface area contributed by atoms with Crippen molar-refractivity contribution in [3.8, 4) is 0 Å². The summed E-state index contributed by atoms with van der Waals surface area (Å²) in [6.45, 7) is 4.15. The lowest BCUT2D eigenvalue weighted by atomic mass is 10.2. The third kappa shape index (κ3) is 2.30. The number of hydrogen-bond donors (Lipinski definition) is 1. The third-order valence-electron chi connectivity index (χ3n) is 3.30. The van der Waals surface area contributed by atoms with E-state index in [9.17, 15) is 0 Å². The van der Waals surface area contributed by atoms with Crippen LogP contribution in [0.3, 0.4) is 0 Å². The van der Waals surface area contributed by atoms with Crippen LogP contribution in [0, 0.1) is 13.8 Å². The second kappa shape index (κ2) is 5.06. The predicted octanol–water partition coefficient (Wildman–Crippen LogP) is 4.06. The number of aromatic nitrogens is 2. The molecule has 0 spiro atoms. The lowest BCUT2D eigenvalue weighted by Gasteiger charge is -1.99. The molecule has 0 amide bonds. The zero-order chi connectivity index (χ0) is 14.1. The smallest absolute Gasteiger partial charge is 0.155 e. The Morgan fingerprint density at radius 3 is 2.55 bits per heavy atom. The number of nitrogens with two attached hydrogens (primary N) is 1. The molecule has 3 rings (SSSR count). The van der Waals surface area contributed by atoms with E-state index in [2.05, 4.69) is 23.8 Å². The highest BCUT2D eigenvalue weighted by Gasteiger charge is 2.11. The molecule has 4 heteroatoms. The molecule has 1 aromatic carbocycles. The van der Waals surface area contributed by atoms with Crippen molar-refractivity contribution >= 4 is 39.5 Å². The van der Waals surface area contributed by atoms with Crippen LogP contribution in [0.1, 0.15) is 21.8 Å². The van der Waals surface area contributed by atoms with E-state index in [4.69, 9.17) is 5.73 Å². The molecule has 0 fully saturated rings. The monoisotopic (exact) mass is 281 g/mol. The summed E-state index contributed by atoms with van der Waals surface area (Å²) in [5, 5.41) is 0.990. The van der Waals surface area contributed by atoms with Crippen LogP contribution < -0.4 is 5.73 Å². The average Bonchev–Trinajstić information content (AvgIpc) is 2.73. The summed E-state index contributed by atoms with van der Waals surface area (Å²) in [7, 11) is 0. The summed E-state index contributed by atoms with van der Waals surface area (Å²) in [4.78, 5) is 11.1. The Morgan fingerprint density at radius 1 is 1.05 bits per heavy atom. The molecule has 3 nitrogen and oxygen atoms in total. The highest BCUT2D eigenvalue weighted by Crippen LogP contribution is 2.31. The number of nitrogen functional groups attached to an aromatic ring is 1. The number of benzene rings is 1. The Labute approximate surface area is 121 Å². The minimum Gasteiger partial charge on any atom is -0.383 e. The van der Waals surface area contributed by atoms with Gasteiger partial charge in [-0.2, -0.15) is 0 Å². The Morgan fingerprint density at radius 2 is 1.80 bits per heavy atom. The topological polar surface area (TPSA) is 51.8 Å². The van der Waals surface area contributed by atoms with Crippen LogP contribution in [-0.4, -0.2) is 9.97 Å². The van der Waals surface area contributed by atoms with Gasteiger partial charge < -0.3 is 5.73 Å². The number of hydrogen-bond acceptors (Lipinski definition) is 4. The molecule has 100 valence electrons. The van der Waals surface area contributed by atoms with Gasteiger partial charge in [-0.1, -0.05) is 36.4 Å². The van der Waals surface area contributed by atoms with Gasteiger partial charge in [-0.25, -0.2) is 9.97 Å². The minimum absolute atomic E-state index is 0.560. The highest BCUT2D eigenvalue weighted by molar-refractivity contribution is 7.18. The van der Waals surface area contributed by atoms with E-state index in [0.717, 1.165) is 15.8 Å². The first kappa shape index (κ1) is 12.8. The van der Waals surface area contributed by atoms with Crippen molar-refractivity contribution in [3.63, 3.8) is 0 Å². The minimum atomic E-state index is 0.560. The van der Waals surface area contributed by atoms with Crippen molar-refractivity contribution in [2.24, 2.45) is 0 Å². The van der Waals surface area contributed by atoms with E-state index in [1.165, 1.54) is 10.4 Å². The van der Waals surface area contributed by atoms with Crippen LogP contribution in [0.4, 0.5) is 5.82 Å². The maximum absolute atomic E-state index is 6.06. The average molecular weight is 281 g/mol. The van der Waals surface area contributed by atoms with Crippen LogP contribution in [0.2, 0.25) is 0 Å². The van der Waals surface area contributed by atoms with Crippen LogP contribution >= 0.6 is 11.3 Å². The van der Waals surface area contributed by atoms with Gasteiger partial charge in [0.25, 0.3) is 0 Å². The molecule has 2 aromatic heterocycles. The molecule has 20 heavy (non-hydrogen) atoms. The normalized spacial score (nSPS) is 11.5. The van der Waals surface area contributed by atoms with Gasteiger partial charge in [0.05, 0.1) is 5.39 Å². The van der Waals surface area contributed by atoms with E-state index < -0.39 is 0 Å². The fraction of sp³-hybridized carbons (Fsp3) is 0.125. The highest BCUT2D eigenvalue weighted by atomic mass is 32.1. The van der Waals surface area contributed by atoms with Gasteiger partial charge in [-0.15, -0.1) is 11.3 Å². The van der Waals surface area contributed by atoms with E-state index in [-0.39, 0.29) is 0 Å². The van der Waals surface area contributed by atoms with Gasteiger partial charge in [0.15, 0.2) is 5.82 Å². The van der Waals surface area contributed by atoms with E-state index in [1.807, 2.05) is 42.5 Å². The molecule has 0 radical (unpaired) electrons. The Balaban J connectivity index is 2.03. The van der Waals surface area contributed by atoms with E-state index in [0.29, 0.717) is 11.6 Å². The summed E-state index contributed by atoms with van der Waals surface area (Å²) in [5.74, 6) is 1.21. The summed E-state index contributed by atoms with van der Waals surface area (Å²) in [6.07, 6.45) is 3.89. The van der Waals surface area contributed by atoms with Crippen molar-refractivity contribution in [2.75, 3.05) is 5.73 Å². The molecule has 3 aromatic rings. The van der Waals surface area contributed by atoms with Crippen molar-refractivity contribution in [2.45, 2.75) is 13.8 Å². The molecule has 0 saturated heterocycles. The van der Waals surface area contributed by atoms with Gasteiger partial charge >= 0.3 is 0 Å². The molecule has 0 unspecified atom stereocenters. The van der Waals surface area contributed by atoms with Crippen LogP contribution in [-0.2, 0) is 0 Å². The van der Waals surface area contributed by atoms with E-state index in [1.54, 1.807) is 11.3 Å². The zero-order valence-corrected chi connectivity index (χ0v) is 12.2. The molecule has 2 heterocycles. The third-order valence-corrected chi connectivity index (χ3v) is 4.40. The van der Waals surface area contributed by atoms with Crippen molar-refractivity contribution in [3.05, 3.63) is 52.2 Å². The number of rotatable bonds is 2.